The van der Waals surface area contributed by atoms with Crippen LogP contribution in [0.3, 0.4) is 0 Å². The molecule has 1 fully saturated rings. The summed E-state index contributed by atoms with van der Waals surface area (Å²) >= 11 is 0. The third-order valence-electron chi connectivity index (χ3n) is 8.88. The van der Waals surface area contributed by atoms with E-state index in [4.69, 9.17) is 4.98 Å². The Kier molecular flexibility index (Phi) is 6.89. The molecule has 2 amide bonds. The monoisotopic (exact) mass is 589 g/mol. The number of piperidine rings is 1. The number of benzene rings is 2. The molecular formula is C33H35N9O2. The summed E-state index contributed by atoms with van der Waals surface area (Å²) in [5, 5.41) is 11.8. The van der Waals surface area contributed by atoms with Crippen molar-refractivity contribution in [3.8, 4) is 11.3 Å². The van der Waals surface area contributed by atoms with Gasteiger partial charge in [0.1, 0.15) is 0 Å². The van der Waals surface area contributed by atoms with Gasteiger partial charge in [-0.15, -0.1) is 0 Å². The summed E-state index contributed by atoms with van der Waals surface area (Å²) in [6, 6.07) is 13.5. The highest BCUT2D eigenvalue weighted by Gasteiger charge is 2.33. The Hall–Kier alpha value is -5.03. The van der Waals surface area contributed by atoms with Crippen molar-refractivity contribution in [3.05, 3.63) is 77.2 Å². The Labute approximate surface area is 255 Å². The number of aromatic nitrogens is 5. The van der Waals surface area contributed by atoms with Crippen LogP contribution in [0.2, 0.25) is 0 Å². The van der Waals surface area contributed by atoms with Crippen molar-refractivity contribution >= 4 is 45.9 Å². The largest absolute Gasteiger partial charge is 0.359 e. The molecule has 3 N–H and O–H groups in total. The van der Waals surface area contributed by atoms with Gasteiger partial charge in [0.2, 0.25) is 11.9 Å². The zero-order valence-electron chi connectivity index (χ0n) is 25.3. The molecule has 2 aliphatic rings. The van der Waals surface area contributed by atoms with Crippen molar-refractivity contribution in [1.29, 1.82) is 0 Å². The minimum Gasteiger partial charge on any atom is -0.359 e. The van der Waals surface area contributed by atoms with Crippen molar-refractivity contribution in [3.63, 3.8) is 0 Å². The van der Waals surface area contributed by atoms with Crippen LogP contribution in [0.1, 0.15) is 40.0 Å². The number of para-hydroxylation sites is 1. The predicted molar refractivity (Wildman–Crippen MR) is 171 cm³/mol. The molecule has 2 aromatic carbocycles. The SMILES string of the molecule is Cc1cnc(Nc2cc(C)n(C)n2)nc1-c1c[nH]c2c(N3Cc4c(NC(=O)C5CCN(C)CC5)cccc4C3=O)cccc12. The molecule has 1 saturated heterocycles. The van der Waals surface area contributed by atoms with E-state index in [0.717, 1.165) is 70.6 Å². The van der Waals surface area contributed by atoms with E-state index >= 15 is 0 Å². The van der Waals surface area contributed by atoms with Crippen molar-refractivity contribution in [2.45, 2.75) is 33.2 Å². The number of H-pyrrole nitrogens is 1. The summed E-state index contributed by atoms with van der Waals surface area (Å²) in [6.07, 6.45) is 5.40. The molecule has 0 saturated carbocycles. The second-order valence-electron chi connectivity index (χ2n) is 11.8. The number of amides is 2. The number of hydrogen-bond acceptors (Lipinski definition) is 7. The second kappa shape index (κ2) is 10.9. The molecule has 0 unspecified atom stereocenters. The molecule has 11 nitrogen and oxygen atoms in total. The standard InChI is InChI=1S/C33H35N9O2/c1-19-16-35-33(37-28-15-20(2)41(4)39-28)38-29(19)24-17-34-30-22(24)7-6-10-27(30)42-18-25-23(32(42)44)8-5-9-26(25)36-31(43)21-11-13-40(3)14-12-21/h5-10,15-17,21,34H,11-14,18H2,1-4H3,(H,36,43)(H,35,37,38,39). The minimum atomic E-state index is -0.0885. The first-order chi connectivity index (χ1) is 21.3. The van der Waals surface area contributed by atoms with Gasteiger partial charge in [-0.05, 0) is 70.6 Å². The molecule has 0 atom stereocenters. The number of carbonyl (C=O) groups excluding carboxylic acids is 2. The predicted octanol–water partition coefficient (Wildman–Crippen LogP) is 5.16. The lowest BCUT2D eigenvalue weighted by atomic mass is 9.96. The zero-order valence-corrected chi connectivity index (χ0v) is 25.3. The van der Waals surface area contributed by atoms with E-state index in [9.17, 15) is 9.59 Å². The summed E-state index contributed by atoms with van der Waals surface area (Å²) in [4.78, 5) is 43.6. The lowest BCUT2D eigenvalue weighted by molar-refractivity contribution is -0.121. The number of fused-ring (bicyclic) bond motifs is 2. The molecular weight excluding hydrogens is 554 g/mol. The van der Waals surface area contributed by atoms with Crippen molar-refractivity contribution < 1.29 is 9.59 Å². The van der Waals surface area contributed by atoms with Gasteiger partial charge in [-0.1, -0.05) is 18.2 Å². The third kappa shape index (κ3) is 4.88. The van der Waals surface area contributed by atoms with Crippen LogP contribution in [0.4, 0.5) is 23.1 Å². The van der Waals surface area contributed by atoms with E-state index in [1.807, 2.05) is 69.6 Å². The number of likely N-dealkylation sites (tertiary alicyclic amines) is 1. The lowest BCUT2D eigenvalue weighted by Gasteiger charge is -2.28. The number of hydrogen-bond donors (Lipinski definition) is 3. The second-order valence-corrected chi connectivity index (χ2v) is 11.8. The van der Waals surface area contributed by atoms with E-state index in [1.54, 1.807) is 15.8 Å². The number of nitrogens with one attached hydrogen (secondary N) is 3. The molecule has 44 heavy (non-hydrogen) atoms. The average molecular weight is 590 g/mol. The molecule has 3 aromatic heterocycles. The quantitative estimate of drug-likeness (QED) is 0.250. The highest BCUT2D eigenvalue weighted by atomic mass is 16.2. The summed E-state index contributed by atoms with van der Waals surface area (Å²) in [7, 11) is 3.97. The normalized spacial score (nSPS) is 15.6. The maximum atomic E-state index is 13.7. The molecule has 11 heteroatoms. The third-order valence-corrected chi connectivity index (χ3v) is 8.88. The Morgan fingerprint density at radius 3 is 2.61 bits per heavy atom. The fourth-order valence-corrected chi connectivity index (χ4v) is 6.22. The number of carbonyl (C=O) groups is 2. The number of nitrogens with zero attached hydrogens (tertiary/aromatic N) is 6. The maximum Gasteiger partial charge on any atom is 0.259 e. The maximum absolute atomic E-state index is 13.7. The summed E-state index contributed by atoms with van der Waals surface area (Å²) in [5.74, 6) is 1.05. The highest BCUT2D eigenvalue weighted by molar-refractivity contribution is 6.15. The van der Waals surface area contributed by atoms with Gasteiger partial charge in [-0.2, -0.15) is 5.10 Å². The van der Waals surface area contributed by atoms with E-state index in [-0.39, 0.29) is 17.7 Å². The van der Waals surface area contributed by atoms with Gasteiger partial charge in [-0.3, -0.25) is 14.3 Å². The van der Waals surface area contributed by atoms with Crippen LogP contribution in [-0.2, 0) is 18.4 Å². The Bertz CT molecular complexity index is 1900. The molecule has 0 spiro atoms. The number of rotatable bonds is 6. The van der Waals surface area contributed by atoms with Gasteiger partial charge in [-0.25, -0.2) is 9.97 Å². The Morgan fingerprint density at radius 2 is 1.84 bits per heavy atom. The van der Waals surface area contributed by atoms with Crippen LogP contribution in [0.5, 0.6) is 0 Å². The van der Waals surface area contributed by atoms with Gasteiger partial charge in [0, 0.05) is 64.9 Å². The van der Waals surface area contributed by atoms with E-state index in [0.29, 0.717) is 29.6 Å². The lowest BCUT2D eigenvalue weighted by Crippen LogP contribution is -2.36. The van der Waals surface area contributed by atoms with Crippen molar-refractivity contribution in [2.24, 2.45) is 13.0 Å². The van der Waals surface area contributed by atoms with Crippen LogP contribution in [-0.4, -0.2) is 61.6 Å². The molecule has 5 aromatic rings. The van der Waals surface area contributed by atoms with Crippen LogP contribution < -0.4 is 15.5 Å². The van der Waals surface area contributed by atoms with Gasteiger partial charge < -0.3 is 25.4 Å². The van der Waals surface area contributed by atoms with Crippen LogP contribution in [0, 0.1) is 19.8 Å². The molecule has 2 aliphatic heterocycles. The van der Waals surface area contributed by atoms with Crippen molar-refractivity contribution in [1.82, 2.24) is 29.6 Å². The molecule has 0 aliphatic carbocycles. The molecule has 0 radical (unpaired) electrons. The van der Waals surface area contributed by atoms with Crippen LogP contribution in [0.25, 0.3) is 22.2 Å². The van der Waals surface area contributed by atoms with Crippen LogP contribution in [0.15, 0.2) is 54.9 Å². The Morgan fingerprint density at radius 1 is 1.05 bits per heavy atom. The highest BCUT2D eigenvalue weighted by Crippen LogP contribution is 2.39. The van der Waals surface area contributed by atoms with Gasteiger partial charge in [0.15, 0.2) is 5.82 Å². The summed E-state index contributed by atoms with van der Waals surface area (Å²) < 4.78 is 1.79. The minimum absolute atomic E-state index is 0.0182. The first-order valence-electron chi connectivity index (χ1n) is 14.9. The molecule has 224 valence electrons. The molecule has 0 bridgehead atoms. The zero-order chi connectivity index (χ0) is 30.5. The van der Waals surface area contributed by atoms with Gasteiger partial charge in [0.25, 0.3) is 5.91 Å². The number of aryl methyl sites for hydroxylation is 3. The fourth-order valence-electron chi connectivity index (χ4n) is 6.22. The van der Waals surface area contributed by atoms with E-state index < -0.39 is 0 Å². The van der Waals surface area contributed by atoms with E-state index in [2.05, 4.69) is 37.6 Å². The summed E-state index contributed by atoms with van der Waals surface area (Å²) in [5.41, 5.74) is 7.43. The molecule has 7 rings (SSSR count). The average Bonchev–Trinajstić information content (AvgIpc) is 3.69. The fraction of sp³-hybridized carbons (Fsp3) is 0.303. The van der Waals surface area contributed by atoms with Crippen molar-refractivity contribution in [2.75, 3.05) is 35.7 Å². The molecule has 5 heterocycles. The topological polar surface area (TPSA) is 124 Å². The number of aromatic amines is 1. The first-order valence-corrected chi connectivity index (χ1v) is 14.9. The van der Waals surface area contributed by atoms with Gasteiger partial charge in [0.05, 0.1) is 23.4 Å². The van der Waals surface area contributed by atoms with E-state index in [1.165, 1.54) is 0 Å². The number of anilines is 4. The van der Waals surface area contributed by atoms with Gasteiger partial charge >= 0.3 is 0 Å². The first kappa shape index (κ1) is 27.8. The summed E-state index contributed by atoms with van der Waals surface area (Å²) in [6.45, 7) is 6.16. The smallest absolute Gasteiger partial charge is 0.259 e. The van der Waals surface area contributed by atoms with Crippen LogP contribution >= 0.6 is 0 Å². The Balaban J connectivity index is 1.18.